The van der Waals surface area contributed by atoms with Gasteiger partial charge in [0.1, 0.15) is 0 Å². The van der Waals surface area contributed by atoms with Gasteiger partial charge in [-0.05, 0) is 14.0 Å². The van der Waals surface area contributed by atoms with Gasteiger partial charge < -0.3 is 4.90 Å². The fourth-order valence-corrected chi connectivity index (χ4v) is 1.44. The lowest BCUT2D eigenvalue weighted by molar-refractivity contribution is 0.303. The molecule has 0 saturated carbocycles. The van der Waals surface area contributed by atoms with Crippen LogP contribution < -0.4 is 0 Å². The molecule has 0 aliphatic heterocycles. The van der Waals surface area contributed by atoms with E-state index in [2.05, 4.69) is 16.1 Å². The Morgan fingerprint density at radius 2 is 2.43 bits per heavy atom. The van der Waals surface area contributed by atoms with Crippen molar-refractivity contribution in [1.29, 1.82) is 5.26 Å². The summed E-state index contributed by atoms with van der Waals surface area (Å²) in [4.78, 5) is 2.13. The lowest BCUT2D eigenvalue weighted by Crippen LogP contribution is -2.23. The van der Waals surface area contributed by atoms with Crippen LogP contribution in [-0.2, 0) is 13.6 Å². The Hall–Kier alpha value is -1.34. The Labute approximate surface area is 84.7 Å². The molecular formula is C10H16N4. The summed E-state index contributed by atoms with van der Waals surface area (Å²) in [7, 11) is 3.92. The van der Waals surface area contributed by atoms with Crippen LogP contribution in [0.2, 0.25) is 0 Å². The number of aromatic nitrogens is 2. The minimum atomic E-state index is 0.0803. The number of nitrogens with zero attached hydrogens (tertiary/aromatic N) is 4. The zero-order valence-electron chi connectivity index (χ0n) is 8.94. The van der Waals surface area contributed by atoms with E-state index in [-0.39, 0.29) is 5.92 Å². The molecule has 0 bridgehead atoms. The van der Waals surface area contributed by atoms with Gasteiger partial charge in [0.05, 0.1) is 18.2 Å². The van der Waals surface area contributed by atoms with E-state index in [9.17, 15) is 0 Å². The lowest BCUT2D eigenvalue weighted by atomic mass is 10.2. The molecule has 1 heterocycles. The van der Waals surface area contributed by atoms with Crippen LogP contribution >= 0.6 is 0 Å². The fraction of sp³-hybridized carbons (Fsp3) is 0.600. The molecule has 0 aliphatic rings. The Bertz CT molecular complexity index is 323. The molecule has 0 aromatic carbocycles. The van der Waals surface area contributed by atoms with E-state index in [1.807, 2.05) is 33.4 Å². The first-order valence-corrected chi connectivity index (χ1v) is 4.67. The summed E-state index contributed by atoms with van der Waals surface area (Å²) in [5.41, 5.74) is 1.18. The van der Waals surface area contributed by atoms with Crippen LogP contribution in [0.15, 0.2) is 12.4 Å². The number of aryl methyl sites for hydroxylation is 1. The highest BCUT2D eigenvalue weighted by Gasteiger charge is 2.06. The first-order valence-electron chi connectivity index (χ1n) is 4.67. The summed E-state index contributed by atoms with van der Waals surface area (Å²) in [6, 6.07) is 2.22. The zero-order chi connectivity index (χ0) is 10.6. The predicted molar refractivity (Wildman–Crippen MR) is 54.3 cm³/mol. The van der Waals surface area contributed by atoms with E-state index in [0.29, 0.717) is 0 Å². The van der Waals surface area contributed by atoms with E-state index < -0.39 is 0 Å². The Morgan fingerprint density at radius 3 is 2.93 bits per heavy atom. The van der Waals surface area contributed by atoms with Crippen molar-refractivity contribution in [3.8, 4) is 6.07 Å². The molecule has 0 N–H and O–H groups in total. The van der Waals surface area contributed by atoms with Crippen molar-refractivity contribution < 1.29 is 0 Å². The van der Waals surface area contributed by atoms with Crippen molar-refractivity contribution in [3.63, 3.8) is 0 Å². The zero-order valence-corrected chi connectivity index (χ0v) is 8.94. The van der Waals surface area contributed by atoms with E-state index in [4.69, 9.17) is 5.26 Å². The third-order valence-electron chi connectivity index (χ3n) is 2.02. The summed E-state index contributed by atoms with van der Waals surface area (Å²) >= 11 is 0. The van der Waals surface area contributed by atoms with Gasteiger partial charge in [0, 0.05) is 31.9 Å². The molecule has 1 aromatic heterocycles. The third kappa shape index (κ3) is 3.19. The van der Waals surface area contributed by atoms with Crippen molar-refractivity contribution in [2.24, 2.45) is 13.0 Å². The molecule has 76 valence electrons. The second-order valence-electron chi connectivity index (χ2n) is 3.75. The lowest BCUT2D eigenvalue weighted by Gasteiger charge is -2.16. The van der Waals surface area contributed by atoms with Crippen LogP contribution in [0.25, 0.3) is 0 Å². The first kappa shape index (κ1) is 10.7. The van der Waals surface area contributed by atoms with Crippen LogP contribution in [0.5, 0.6) is 0 Å². The van der Waals surface area contributed by atoms with Gasteiger partial charge in [0.25, 0.3) is 0 Å². The SMILES string of the molecule is CC(C#N)CN(C)Cc1cnn(C)c1. The highest BCUT2D eigenvalue weighted by Crippen LogP contribution is 2.03. The molecule has 1 aromatic rings. The molecule has 0 fully saturated rings. The normalized spacial score (nSPS) is 12.8. The molecule has 0 spiro atoms. The maximum absolute atomic E-state index is 8.66. The molecule has 0 radical (unpaired) electrons. The quantitative estimate of drug-likeness (QED) is 0.715. The number of hydrogen-bond acceptors (Lipinski definition) is 3. The van der Waals surface area contributed by atoms with Gasteiger partial charge >= 0.3 is 0 Å². The highest BCUT2D eigenvalue weighted by molar-refractivity contribution is 5.03. The van der Waals surface area contributed by atoms with Crippen LogP contribution in [0.3, 0.4) is 0 Å². The van der Waals surface area contributed by atoms with E-state index >= 15 is 0 Å². The number of nitriles is 1. The van der Waals surface area contributed by atoms with Crippen LogP contribution in [0, 0.1) is 17.2 Å². The van der Waals surface area contributed by atoms with Gasteiger partial charge in [-0.3, -0.25) is 4.68 Å². The molecule has 4 nitrogen and oxygen atoms in total. The number of hydrogen-bond donors (Lipinski definition) is 0. The van der Waals surface area contributed by atoms with Gasteiger partial charge in [-0.1, -0.05) is 0 Å². The predicted octanol–water partition coefficient (Wildman–Crippen LogP) is 1.01. The van der Waals surface area contributed by atoms with Crippen LogP contribution in [0.4, 0.5) is 0 Å². The summed E-state index contributed by atoms with van der Waals surface area (Å²) in [6.07, 6.45) is 3.85. The maximum atomic E-state index is 8.66. The Balaban J connectivity index is 2.42. The van der Waals surface area contributed by atoms with E-state index in [1.165, 1.54) is 5.56 Å². The molecular weight excluding hydrogens is 176 g/mol. The fourth-order valence-electron chi connectivity index (χ4n) is 1.44. The number of rotatable bonds is 4. The van der Waals surface area contributed by atoms with Crippen molar-refractivity contribution in [3.05, 3.63) is 18.0 Å². The largest absolute Gasteiger partial charge is 0.301 e. The van der Waals surface area contributed by atoms with Gasteiger partial charge in [-0.2, -0.15) is 10.4 Å². The Morgan fingerprint density at radius 1 is 1.71 bits per heavy atom. The second-order valence-corrected chi connectivity index (χ2v) is 3.75. The molecule has 1 rings (SSSR count). The standard InChI is InChI=1S/C10H16N4/c1-9(4-11)6-13(2)7-10-5-12-14(3)8-10/h5,8-9H,6-7H2,1-3H3. The van der Waals surface area contributed by atoms with Crippen molar-refractivity contribution in [1.82, 2.24) is 14.7 Å². The maximum Gasteiger partial charge on any atom is 0.0666 e. The van der Waals surface area contributed by atoms with Gasteiger partial charge in [0.2, 0.25) is 0 Å². The van der Waals surface area contributed by atoms with Crippen molar-refractivity contribution in [2.45, 2.75) is 13.5 Å². The average Bonchev–Trinajstić information content (AvgIpc) is 2.50. The minimum Gasteiger partial charge on any atom is -0.301 e. The molecule has 0 amide bonds. The molecule has 4 heteroatoms. The summed E-state index contributed by atoms with van der Waals surface area (Å²) in [5.74, 6) is 0.0803. The summed E-state index contributed by atoms with van der Waals surface area (Å²) in [6.45, 7) is 3.57. The van der Waals surface area contributed by atoms with Crippen molar-refractivity contribution in [2.75, 3.05) is 13.6 Å². The van der Waals surface area contributed by atoms with Crippen LogP contribution in [0.1, 0.15) is 12.5 Å². The topological polar surface area (TPSA) is 44.9 Å². The third-order valence-corrected chi connectivity index (χ3v) is 2.02. The molecule has 1 unspecified atom stereocenters. The van der Waals surface area contributed by atoms with E-state index in [1.54, 1.807) is 4.68 Å². The first-order chi connectivity index (χ1) is 6.61. The Kier molecular flexibility index (Phi) is 3.66. The summed E-state index contributed by atoms with van der Waals surface area (Å²) < 4.78 is 1.79. The van der Waals surface area contributed by atoms with Gasteiger partial charge in [0.15, 0.2) is 0 Å². The molecule has 14 heavy (non-hydrogen) atoms. The molecule has 1 atom stereocenters. The van der Waals surface area contributed by atoms with Gasteiger partial charge in [-0.15, -0.1) is 0 Å². The average molecular weight is 192 g/mol. The van der Waals surface area contributed by atoms with Crippen LogP contribution in [-0.4, -0.2) is 28.3 Å². The second kappa shape index (κ2) is 4.77. The molecule has 0 aliphatic carbocycles. The molecule has 0 saturated heterocycles. The van der Waals surface area contributed by atoms with Crippen molar-refractivity contribution >= 4 is 0 Å². The highest BCUT2D eigenvalue weighted by atomic mass is 15.2. The summed E-state index contributed by atoms with van der Waals surface area (Å²) in [5, 5.41) is 12.8. The van der Waals surface area contributed by atoms with Gasteiger partial charge in [-0.25, -0.2) is 0 Å². The smallest absolute Gasteiger partial charge is 0.0666 e. The minimum absolute atomic E-state index is 0.0803. The monoisotopic (exact) mass is 192 g/mol. The van der Waals surface area contributed by atoms with E-state index in [0.717, 1.165) is 13.1 Å².